The summed E-state index contributed by atoms with van der Waals surface area (Å²) >= 11 is 6.03. The SMILES string of the molecule is CC(C)N[C@H]1C[C@@H](Oc2ccc(C#N)c(Cl)c2)C1(C)C. The number of nitrogens with one attached hydrogen (secondary N) is 1. The molecule has 0 unspecified atom stereocenters. The Morgan fingerprint density at radius 2 is 2.15 bits per heavy atom. The van der Waals surface area contributed by atoms with E-state index in [4.69, 9.17) is 21.6 Å². The van der Waals surface area contributed by atoms with Gasteiger partial charge in [0.25, 0.3) is 0 Å². The smallest absolute Gasteiger partial charge is 0.121 e. The third-order valence-electron chi connectivity index (χ3n) is 4.05. The van der Waals surface area contributed by atoms with Crippen molar-refractivity contribution in [3.63, 3.8) is 0 Å². The van der Waals surface area contributed by atoms with Crippen LogP contribution in [0.4, 0.5) is 0 Å². The van der Waals surface area contributed by atoms with E-state index in [1.54, 1.807) is 12.1 Å². The van der Waals surface area contributed by atoms with Crippen molar-refractivity contribution in [3.05, 3.63) is 28.8 Å². The molecule has 1 aliphatic carbocycles. The largest absolute Gasteiger partial charge is 0.490 e. The highest BCUT2D eigenvalue weighted by molar-refractivity contribution is 6.31. The number of benzene rings is 1. The molecule has 1 saturated carbocycles. The Bertz CT molecular complexity index is 534. The van der Waals surface area contributed by atoms with Gasteiger partial charge in [0, 0.05) is 30.0 Å². The highest BCUT2D eigenvalue weighted by atomic mass is 35.5. The van der Waals surface area contributed by atoms with Gasteiger partial charge in [-0.05, 0) is 12.1 Å². The molecule has 0 radical (unpaired) electrons. The number of nitrogens with zero attached hydrogens (tertiary/aromatic N) is 1. The molecule has 0 bridgehead atoms. The first kappa shape index (κ1) is 15.2. The summed E-state index contributed by atoms with van der Waals surface area (Å²) in [7, 11) is 0. The Morgan fingerprint density at radius 1 is 1.45 bits per heavy atom. The van der Waals surface area contributed by atoms with Gasteiger partial charge < -0.3 is 10.1 Å². The minimum atomic E-state index is 0.0879. The van der Waals surface area contributed by atoms with Gasteiger partial charge in [-0.3, -0.25) is 0 Å². The minimum absolute atomic E-state index is 0.0879. The van der Waals surface area contributed by atoms with Crippen molar-refractivity contribution in [2.24, 2.45) is 5.41 Å². The average Bonchev–Trinajstić information content (AvgIpc) is 2.37. The van der Waals surface area contributed by atoms with Crippen molar-refractivity contribution in [1.82, 2.24) is 5.32 Å². The molecule has 0 saturated heterocycles. The van der Waals surface area contributed by atoms with E-state index in [1.165, 1.54) is 0 Å². The van der Waals surface area contributed by atoms with E-state index >= 15 is 0 Å². The first-order valence-electron chi connectivity index (χ1n) is 6.97. The van der Waals surface area contributed by atoms with Crippen molar-refractivity contribution >= 4 is 11.6 Å². The lowest BCUT2D eigenvalue weighted by Gasteiger charge is -2.52. The van der Waals surface area contributed by atoms with Crippen LogP contribution in [0.2, 0.25) is 5.02 Å². The average molecular weight is 293 g/mol. The van der Waals surface area contributed by atoms with Crippen molar-refractivity contribution in [1.29, 1.82) is 5.26 Å². The van der Waals surface area contributed by atoms with Crippen molar-refractivity contribution in [3.8, 4) is 11.8 Å². The van der Waals surface area contributed by atoms with E-state index < -0.39 is 0 Å². The molecule has 3 nitrogen and oxygen atoms in total. The van der Waals surface area contributed by atoms with E-state index in [0.29, 0.717) is 22.7 Å². The van der Waals surface area contributed by atoms with Crippen LogP contribution < -0.4 is 10.1 Å². The molecule has 1 fully saturated rings. The fourth-order valence-electron chi connectivity index (χ4n) is 2.59. The Labute approximate surface area is 125 Å². The molecule has 2 rings (SSSR count). The van der Waals surface area contributed by atoms with Crippen LogP contribution in [0, 0.1) is 16.7 Å². The van der Waals surface area contributed by atoms with E-state index in [9.17, 15) is 0 Å². The lowest BCUT2D eigenvalue weighted by molar-refractivity contribution is -0.0574. The molecule has 0 amide bonds. The fraction of sp³-hybridized carbons (Fsp3) is 0.562. The van der Waals surface area contributed by atoms with Gasteiger partial charge in [0.2, 0.25) is 0 Å². The summed E-state index contributed by atoms with van der Waals surface area (Å²) in [4.78, 5) is 0. The maximum absolute atomic E-state index is 8.87. The molecular weight excluding hydrogens is 272 g/mol. The monoisotopic (exact) mass is 292 g/mol. The Hall–Kier alpha value is -1.24. The summed E-state index contributed by atoms with van der Waals surface area (Å²) in [6.07, 6.45) is 1.16. The van der Waals surface area contributed by atoms with Crippen LogP contribution in [-0.2, 0) is 0 Å². The van der Waals surface area contributed by atoms with Gasteiger partial charge in [-0.2, -0.15) is 5.26 Å². The van der Waals surface area contributed by atoms with Crippen LogP contribution in [-0.4, -0.2) is 18.2 Å². The molecule has 0 aromatic heterocycles. The van der Waals surface area contributed by atoms with Crippen molar-refractivity contribution in [2.45, 2.75) is 52.3 Å². The van der Waals surface area contributed by atoms with E-state index in [-0.39, 0.29) is 11.5 Å². The van der Waals surface area contributed by atoms with Gasteiger partial charge in [0.1, 0.15) is 17.9 Å². The highest BCUT2D eigenvalue weighted by Gasteiger charge is 2.49. The van der Waals surface area contributed by atoms with Crippen LogP contribution in [0.1, 0.15) is 39.7 Å². The molecule has 0 aliphatic heterocycles. The van der Waals surface area contributed by atoms with Crippen LogP contribution in [0.3, 0.4) is 0 Å². The maximum atomic E-state index is 8.87. The fourth-order valence-corrected chi connectivity index (χ4v) is 2.81. The molecule has 0 heterocycles. The van der Waals surface area contributed by atoms with Gasteiger partial charge in [-0.1, -0.05) is 39.3 Å². The third kappa shape index (κ3) is 2.92. The normalized spacial score (nSPS) is 24.1. The first-order chi connectivity index (χ1) is 9.34. The van der Waals surface area contributed by atoms with Crippen LogP contribution in [0.25, 0.3) is 0 Å². The number of hydrogen-bond acceptors (Lipinski definition) is 3. The summed E-state index contributed by atoms with van der Waals surface area (Å²) in [5, 5.41) is 12.9. The number of hydrogen-bond donors (Lipinski definition) is 1. The first-order valence-corrected chi connectivity index (χ1v) is 7.34. The molecular formula is C16H21ClN2O. The summed E-state index contributed by atoms with van der Waals surface area (Å²) in [5.74, 6) is 0.732. The zero-order chi connectivity index (χ0) is 14.9. The minimum Gasteiger partial charge on any atom is -0.490 e. The maximum Gasteiger partial charge on any atom is 0.121 e. The van der Waals surface area contributed by atoms with Gasteiger partial charge in [0.05, 0.1) is 10.6 Å². The van der Waals surface area contributed by atoms with Gasteiger partial charge in [-0.25, -0.2) is 0 Å². The van der Waals surface area contributed by atoms with Crippen molar-refractivity contribution < 1.29 is 4.74 Å². The van der Waals surface area contributed by atoms with Gasteiger partial charge in [0.15, 0.2) is 0 Å². The van der Waals surface area contributed by atoms with Crippen LogP contribution in [0.5, 0.6) is 5.75 Å². The molecule has 1 aromatic carbocycles. The predicted octanol–water partition coefficient (Wildman–Crippen LogP) is 3.76. The number of ether oxygens (including phenoxy) is 1. The molecule has 20 heavy (non-hydrogen) atoms. The summed E-state index contributed by atoms with van der Waals surface area (Å²) < 4.78 is 6.02. The predicted molar refractivity (Wildman–Crippen MR) is 81.0 cm³/mol. The molecule has 1 N–H and O–H groups in total. The number of halogens is 1. The van der Waals surface area contributed by atoms with E-state index in [0.717, 1.165) is 12.2 Å². The summed E-state index contributed by atoms with van der Waals surface area (Å²) in [5.41, 5.74) is 0.566. The Kier molecular flexibility index (Phi) is 4.27. The molecule has 1 aliphatic rings. The highest BCUT2D eigenvalue weighted by Crippen LogP contribution is 2.43. The van der Waals surface area contributed by atoms with Crippen LogP contribution >= 0.6 is 11.6 Å². The van der Waals surface area contributed by atoms with Gasteiger partial charge in [-0.15, -0.1) is 0 Å². The zero-order valence-corrected chi connectivity index (χ0v) is 13.2. The lowest BCUT2D eigenvalue weighted by Crippen LogP contribution is -2.63. The standard InChI is InChI=1S/C16H21ClN2O/c1-10(2)19-14-8-15(16(14,3)4)20-12-6-5-11(9-18)13(17)7-12/h5-7,10,14-15,19H,8H2,1-4H3/t14-,15+/m0/s1. The molecule has 4 heteroatoms. The van der Waals surface area contributed by atoms with E-state index in [2.05, 4.69) is 39.1 Å². The quantitative estimate of drug-likeness (QED) is 0.919. The Balaban J connectivity index is 2.02. The number of rotatable bonds is 4. The molecule has 1 aromatic rings. The second-order valence-electron chi connectivity index (χ2n) is 6.29. The summed E-state index contributed by atoms with van der Waals surface area (Å²) in [6.45, 7) is 8.74. The lowest BCUT2D eigenvalue weighted by atomic mass is 9.64. The third-order valence-corrected chi connectivity index (χ3v) is 4.36. The Morgan fingerprint density at radius 3 is 2.65 bits per heavy atom. The topological polar surface area (TPSA) is 45.0 Å². The molecule has 108 valence electrons. The molecule has 2 atom stereocenters. The summed E-state index contributed by atoms with van der Waals surface area (Å²) in [6, 6.07) is 8.23. The second kappa shape index (κ2) is 5.63. The van der Waals surface area contributed by atoms with Crippen molar-refractivity contribution in [2.75, 3.05) is 0 Å². The number of nitriles is 1. The van der Waals surface area contributed by atoms with E-state index in [1.807, 2.05) is 6.07 Å². The zero-order valence-electron chi connectivity index (χ0n) is 12.4. The van der Waals surface area contributed by atoms with Crippen LogP contribution in [0.15, 0.2) is 18.2 Å². The second-order valence-corrected chi connectivity index (χ2v) is 6.70. The van der Waals surface area contributed by atoms with Gasteiger partial charge >= 0.3 is 0 Å². The molecule has 0 spiro atoms.